The molecule has 0 radical (unpaired) electrons. The zero-order valence-corrected chi connectivity index (χ0v) is 16.9. The molecule has 0 unspecified atom stereocenters. The minimum atomic E-state index is -3.10. The van der Waals surface area contributed by atoms with Crippen LogP contribution in [0.2, 0.25) is 5.02 Å². The zero-order chi connectivity index (χ0) is 19.2. The van der Waals surface area contributed by atoms with Crippen molar-refractivity contribution < 1.29 is 17.9 Å². The topological polar surface area (TPSA) is 75.7 Å². The number of rotatable bonds is 8. The van der Waals surface area contributed by atoms with Gasteiger partial charge in [-0.3, -0.25) is 4.79 Å². The number of ether oxygens (including phenoxy) is 1. The van der Waals surface area contributed by atoms with Crippen LogP contribution < -0.4 is 10.1 Å². The second-order valence-corrected chi connectivity index (χ2v) is 9.16. The Morgan fingerprint density at radius 2 is 2.04 bits per heavy atom. The summed E-state index contributed by atoms with van der Waals surface area (Å²) in [6, 6.07) is 5.50. The Hall–Kier alpha value is -1.31. The lowest BCUT2D eigenvalue weighted by Gasteiger charge is -2.30. The predicted molar refractivity (Wildman–Crippen MR) is 103 cm³/mol. The highest BCUT2D eigenvalue weighted by Crippen LogP contribution is 2.21. The fraction of sp³-hybridized carbons (Fsp3) is 0.611. The molecule has 1 aliphatic heterocycles. The van der Waals surface area contributed by atoms with Crippen LogP contribution in [0.15, 0.2) is 18.2 Å². The molecule has 1 aromatic rings. The van der Waals surface area contributed by atoms with Gasteiger partial charge in [0.1, 0.15) is 5.75 Å². The molecule has 2 rings (SSSR count). The number of sulfonamides is 1. The van der Waals surface area contributed by atoms with E-state index in [1.165, 1.54) is 10.6 Å². The van der Waals surface area contributed by atoms with E-state index in [-0.39, 0.29) is 5.91 Å². The predicted octanol–water partition coefficient (Wildman–Crippen LogP) is 2.60. The summed E-state index contributed by atoms with van der Waals surface area (Å²) in [7, 11) is -3.10. The van der Waals surface area contributed by atoms with Crippen molar-refractivity contribution in [2.75, 3.05) is 32.5 Å². The van der Waals surface area contributed by atoms with Gasteiger partial charge in [0.2, 0.25) is 15.9 Å². The van der Waals surface area contributed by atoms with Gasteiger partial charge in [-0.2, -0.15) is 0 Å². The standard InChI is InChI=1S/C18H27ClN2O4S/c1-14-12-16(5-6-17(14)19)25-11-3-4-18(22)20-13-15-7-9-21(10-8-15)26(2,23)24/h5-6,12,15H,3-4,7-11,13H2,1-2H3,(H,20,22). The molecule has 0 saturated carbocycles. The first kappa shape index (κ1) is 21.0. The zero-order valence-electron chi connectivity index (χ0n) is 15.3. The summed E-state index contributed by atoms with van der Waals surface area (Å²) >= 11 is 5.97. The third-order valence-electron chi connectivity index (χ3n) is 4.58. The lowest BCUT2D eigenvalue weighted by Crippen LogP contribution is -2.41. The quantitative estimate of drug-likeness (QED) is 0.678. The van der Waals surface area contributed by atoms with Crippen molar-refractivity contribution in [3.63, 3.8) is 0 Å². The average molecular weight is 403 g/mol. The van der Waals surface area contributed by atoms with E-state index in [1.807, 2.05) is 19.1 Å². The largest absolute Gasteiger partial charge is 0.494 e. The Kier molecular flexibility index (Phi) is 7.73. The summed E-state index contributed by atoms with van der Waals surface area (Å²) in [4.78, 5) is 11.9. The van der Waals surface area contributed by atoms with E-state index in [9.17, 15) is 13.2 Å². The number of piperidine rings is 1. The molecule has 0 atom stereocenters. The highest BCUT2D eigenvalue weighted by molar-refractivity contribution is 7.88. The molecule has 1 aromatic carbocycles. The minimum absolute atomic E-state index is 0.00595. The van der Waals surface area contributed by atoms with E-state index in [0.717, 1.165) is 24.2 Å². The molecule has 0 bridgehead atoms. The summed E-state index contributed by atoms with van der Waals surface area (Å²) in [5.74, 6) is 1.10. The van der Waals surface area contributed by atoms with Gasteiger partial charge in [0, 0.05) is 31.1 Å². The van der Waals surface area contributed by atoms with Crippen LogP contribution in [-0.4, -0.2) is 51.1 Å². The van der Waals surface area contributed by atoms with Crippen molar-refractivity contribution in [1.82, 2.24) is 9.62 Å². The molecule has 1 saturated heterocycles. The second-order valence-electron chi connectivity index (χ2n) is 6.77. The summed E-state index contributed by atoms with van der Waals surface area (Å²) in [5.41, 5.74) is 0.962. The lowest BCUT2D eigenvalue weighted by atomic mass is 9.98. The van der Waals surface area contributed by atoms with E-state index in [2.05, 4.69) is 5.32 Å². The van der Waals surface area contributed by atoms with Crippen LogP contribution in [0.4, 0.5) is 0 Å². The van der Waals surface area contributed by atoms with Gasteiger partial charge in [-0.1, -0.05) is 11.6 Å². The Morgan fingerprint density at radius 3 is 2.65 bits per heavy atom. The Balaban J connectivity index is 1.59. The Bertz CT molecular complexity index is 716. The number of aryl methyl sites for hydroxylation is 1. The molecular weight excluding hydrogens is 376 g/mol. The first-order valence-corrected chi connectivity index (χ1v) is 11.1. The normalized spacial score (nSPS) is 16.4. The van der Waals surface area contributed by atoms with Gasteiger partial charge in [-0.15, -0.1) is 0 Å². The molecule has 0 aliphatic carbocycles. The van der Waals surface area contributed by atoms with Crippen LogP contribution in [-0.2, 0) is 14.8 Å². The van der Waals surface area contributed by atoms with Crippen LogP contribution in [0.25, 0.3) is 0 Å². The maximum atomic E-state index is 11.9. The number of carbonyl (C=O) groups is 1. The number of carbonyl (C=O) groups excluding carboxylic acids is 1. The van der Waals surface area contributed by atoms with Gasteiger partial charge in [0.05, 0.1) is 12.9 Å². The van der Waals surface area contributed by atoms with Crippen LogP contribution >= 0.6 is 11.6 Å². The molecule has 1 heterocycles. The lowest BCUT2D eigenvalue weighted by molar-refractivity contribution is -0.121. The molecule has 1 fully saturated rings. The van der Waals surface area contributed by atoms with E-state index in [4.69, 9.17) is 16.3 Å². The molecule has 1 aliphatic rings. The van der Waals surface area contributed by atoms with Crippen LogP contribution in [0, 0.1) is 12.8 Å². The average Bonchev–Trinajstić information content (AvgIpc) is 2.59. The third kappa shape index (κ3) is 6.78. The smallest absolute Gasteiger partial charge is 0.220 e. The van der Waals surface area contributed by atoms with E-state index < -0.39 is 10.0 Å². The van der Waals surface area contributed by atoms with Crippen LogP contribution in [0.3, 0.4) is 0 Å². The van der Waals surface area contributed by atoms with Gasteiger partial charge in [0.25, 0.3) is 0 Å². The summed E-state index contributed by atoms with van der Waals surface area (Å²) in [6.07, 6.45) is 3.86. The fourth-order valence-electron chi connectivity index (χ4n) is 2.92. The number of benzene rings is 1. The monoisotopic (exact) mass is 402 g/mol. The van der Waals surface area contributed by atoms with Gasteiger partial charge < -0.3 is 10.1 Å². The van der Waals surface area contributed by atoms with Gasteiger partial charge in [0.15, 0.2) is 0 Å². The van der Waals surface area contributed by atoms with Crippen molar-refractivity contribution in [2.24, 2.45) is 5.92 Å². The minimum Gasteiger partial charge on any atom is -0.494 e. The SMILES string of the molecule is Cc1cc(OCCCC(=O)NCC2CCN(S(C)(=O)=O)CC2)ccc1Cl. The van der Waals surface area contributed by atoms with Crippen LogP contribution in [0.1, 0.15) is 31.2 Å². The van der Waals surface area contributed by atoms with Crippen LogP contribution in [0.5, 0.6) is 5.75 Å². The number of amides is 1. The summed E-state index contributed by atoms with van der Waals surface area (Å²) in [6.45, 7) is 4.07. The highest BCUT2D eigenvalue weighted by atomic mass is 35.5. The third-order valence-corrected chi connectivity index (χ3v) is 6.30. The highest BCUT2D eigenvalue weighted by Gasteiger charge is 2.24. The van der Waals surface area contributed by atoms with Gasteiger partial charge >= 0.3 is 0 Å². The molecule has 26 heavy (non-hydrogen) atoms. The molecular formula is C18H27ClN2O4S. The number of nitrogens with one attached hydrogen (secondary N) is 1. The molecule has 146 valence electrons. The Morgan fingerprint density at radius 1 is 1.35 bits per heavy atom. The van der Waals surface area contributed by atoms with Crippen molar-refractivity contribution >= 4 is 27.5 Å². The first-order valence-electron chi connectivity index (χ1n) is 8.86. The van der Waals surface area contributed by atoms with Crippen molar-refractivity contribution in [1.29, 1.82) is 0 Å². The number of halogens is 1. The van der Waals surface area contributed by atoms with E-state index >= 15 is 0 Å². The van der Waals surface area contributed by atoms with Crippen molar-refractivity contribution in [2.45, 2.75) is 32.6 Å². The molecule has 0 spiro atoms. The van der Waals surface area contributed by atoms with Crippen molar-refractivity contribution in [3.8, 4) is 5.75 Å². The van der Waals surface area contributed by atoms with Gasteiger partial charge in [-0.25, -0.2) is 12.7 Å². The molecule has 1 N–H and O–H groups in total. The molecule has 6 nitrogen and oxygen atoms in total. The second kappa shape index (κ2) is 9.58. The molecule has 0 aromatic heterocycles. The molecule has 8 heteroatoms. The Labute approximate surface area is 160 Å². The van der Waals surface area contributed by atoms with Crippen molar-refractivity contribution in [3.05, 3.63) is 28.8 Å². The maximum absolute atomic E-state index is 11.9. The molecule has 1 amide bonds. The van der Waals surface area contributed by atoms with E-state index in [1.54, 1.807) is 6.07 Å². The fourth-order valence-corrected chi connectivity index (χ4v) is 3.91. The summed E-state index contributed by atoms with van der Waals surface area (Å²) < 4.78 is 30.1. The summed E-state index contributed by atoms with van der Waals surface area (Å²) in [5, 5.41) is 3.65. The maximum Gasteiger partial charge on any atom is 0.220 e. The van der Waals surface area contributed by atoms with E-state index in [0.29, 0.717) is 50.0 Å². The van der Waals surface area contributed by atoms with Gasteiger partial charge in [-0.05, 0) is 55.9 Å². The number of hydrogen-bond donors (Lipinski definition) is 1. The number of nitrogens with zero attached hydrogens (tertiary/aromatic N) is 1. The first-order chi connectivity index (χ1) is 12.3. The number of hydrogen-bond acceptors (Lipinski definition) is 4.